The van der Waals surface area contributed by atoms with E-state index in [1.807, 2.05) is 4.68 Å². The Hall–Kier alpha value is -0.940. The topological polar surface area (TPSA) is 60.2 Å². The molecule has 0 amide bonds. The van der Waals surface area contributed by atoms with Crippen molar-refractivity contribution in [3.8, 4) is 0 Å². The summed E-state index contributed by atoms with van der Waals surface area (Å²) < 4.78 is 7.31. The van der Waals surface area contributed by atoms with Crippen molar-refractivity contribution in [2.45, 2.75) is 38.1 Å². The van der Waals surface area contributed by atoms with Gasteiger partial charge in [-0.3, -0.25) is 0 Å². The monoisotopic (exact) mass is 237 g/mol. The SMILES string of the molecule is OCC1CCCc2nc(CC3CCOC3)nn21. The quantitative estimate of drug-likeness (QED) is 0.841. The number of rotatable bonds is 3. The summed E-state index contributed by atoms with van der Waals surface area (Å²) in [4.78, 5) is 4.60. The lowest BCUT2D eigenvalue weighted by molar-refractivity contribution is 0.185. The summed E-state index contributed by atoms with van der Waals surface area (Å²) in [6.45, 7) is 1.88. The Morgan fingerprint density at radius 1 is 1.41 bits per heavy atom. The minimum Gasteiger partial charge on any atom is -0.394 e. The standard InChI is InChI=1S/C12H19N3O2/c16-7-10-2-1-3-12-13-11(14-15(10)12)6-9-4-5-17-8-9/h9-10,16H,1-8H2. The molecule has 1 aromatic heterocycles. The number of hydrogen-bond donors (Lipinski definition) is 1. The van der Waals surface area contributed by atoms with Gasteiger partial charge in [-0.2, -0.15) is 5.10 Å². The minimum absolute atomic E-state index is 0.139. The van der Waals surface area contributed by atoms with Crippen molar-refractivity contribution in [1.82, 2.24) is 14.8 Å². The van der Waals surface area contributed by atoms with Crippen molar-refractivity contribution in [2.24, 2.45) is 5.92 Å². The number of fused-ring (bicyclic) bond motifs is 1. The smallest absolute Gasteiger partial charge is 0.151 e. The van der Waals surface area contributed by atoms with Crippen molar-refractivity contribution >= 4 is 0 Å². The summed E-state index contributed by atoms with van der Waals surface area (Å²) in [5.74, 6) is 2.55. The van der Waals surface area contributed by atoms with Gasteiger partial charge in [0.05, 0.1) is 12.6 Å². The first kappa shape index (κ1) is 11.2. The van der Waals surface area contributed by atoms with Gasteiger partial charge in [0.15, 0.2) is 5.82 Å². The molecule has 0 bridgehead atoms. The van der Waals surface area contributed by atoms with Crippen LogP contribution in [0.4, 0.5) is 0 Å². The van der Waals surface area contributed by atoms with E-state index in [1.165, 1.54) is 0 Å². The van der Waals surface area contributed by atoms with Gasteiger partial charge < -0.3 is 9.84 Å². The predicted molar refractivity (Wildman–Crippen MR) is 61.7 cm³/mol. The van der Waals surface area contributed by atoms with Crippen LogP contribution < -0.4 is 0 Å². The average Bonchev–Trinajstić information content (AvgIpc) is 2.97. The van der Waals surface area contributed by atoms with Gasteiger partial charge in [-0.05, 0) is 25.2 Å². The van der Waals surface area contributed by atoms with Crippen LogP contribution in [0.1, 0.15) is 37.0 Å². The number of aromatic nitrogens is 3. The lowest BCUT2D eigenvalue weighted by atomic mass is 10.1. The Morgan fingerprint density at radius 3 is 3.12 bits per heavy atom. The van der Waals surface area contributed by atoms with E-state index in [-0.39, 0.29) is 12.6 Å². The number of aliphatic hydroxyl groups is 1. The summed E-state index contributed by atoms with van der Waals surface area (Å²) in [6.07, 6.45) is 5.14. The first-order valence-corrected chi connectivity index (χ1v) is 6.49. The third kappa shape index (κ3) is 2.21. The molecule has 0 spiro atoms. The zero-order valence-corrected chi connectivity index (χ0v) is 10.0. The molecule has 3 rings (SSSR count). The molecule has 0 aliphatic carbocycles. The molecule has 94 valence electrons. The van der Waals surface area contributed by atoms with Gasteiger partial charge in [0, 0.05) is 26.1 Å². The van der Waals surface area contributed by atoms with E-state index in [1.54, 1.807) is 0 Å². The molecule has 0 aromatic carbocycles. The summed E-state index contributed by atoms with van der Waals surface area (Å²) >= 11 is 0. The second-order valence-corrected chi connectivity index (χ2v) is 5.05. The molecule has 0 saturated carbocycles. The maximum atomic E-state index is 9.32. The zero-order valence-electron chi connectivity index (χ0n) is 10.0. The van der Waals surface area contributed by atoms with Gasteiger partial charge in [0.2, 0.25) is 0 Å². The molecule has 17 heavy (non-hydrogen) atoms. The van der Waals surface area contributed by atoms with Crippen LogP contribution in [0, 0.1) is 5.92 Å². The third-order valence-corrected chi connectivity index (χ3v) is 3.74. The molecule has 1 N–H and O–H groups in total. The van der Waals surface area contributed by atoms with E-state index in [2.05, 4.69) is 10.1 Å². The molecule has 1 aromatic rings. The van der Waals surface area contributed by atoms with Crippen LogP contribution in [0.3, 0.4) is 0 Å². The van der Waals surface area contributed by atoms with Crippen LogP contribution in [-0.4, -0.2) is 39.7 Å². The molecule has 2 aliphatic heterocycles. The third-order valence-electron chi connectivity index (χ3n) is 3.74. The van der Waals surface area contributed by atoms with Gasteiger partial charge in [0.25, 0.3) is 0 Å². The van der Waals surface area contributed by atoms with E-state index in [0.29, 0.717) is 5.92 Å². The van der Waals surface area contributed by atoms with Gasteiger partial charge in [-0.25, -0.2) is 9.67 Å². The van der Waals surface area contributed by atoms with Gasteiger partial charge in [-0.1, -0.05) is 0 Å². The van der Waals surface area contributed by atoms with Crippen LogP contribution >= 0.6 is 0 Å². The summed E-state index contributed by atoms with van der Waals surface area (Å²) in [5.41, 5.74) is 0. The molecule has 5 nitrogen and oxygen atoms in total. The van der Waals surface area contributed by atoms with Crippen molar-refractivity contribution in [3.63, 3.8) is 0 Å². The summed E-state index contributed by atoms with van der Waals surface area (Å²) in [7, 11) is 0. The second-order valence-electron chi connectivity index (χ2n) is 5.05. The molecule has 1 fully saturated rings. The molecular formula is C12H19N3O2. The molecule has 3 heterocycles. The summed E-state index contributed by atoms with van der Waals surface area (Å²) in [5, 5.41) is 13.9. The fraction of sp³-hybridized carbons (Fsp3) is 0.833. The number of nitrogens with zero attached hydrogens (tertiary/aromatic N) is 3. The van der Waals surface area contributed by atoms with Crippen LogP contribution in [0.5, 0.6) is 0 Å². The molecule has 0 radical (unpaired) electrons. The van der Waals surface area contributed by atoms with Crippen molar-refractivity contribution < 1.29 is 9.84 Å². The van der Waals surface area contributed by atoms with Crippen LogP contribution in [0.15, 0.2) is 0 Å². The highest BCUT2D eigenvalue weighted by Gasteiger charge is 2.24. The number of ether oxygens (including phenoxy) is 1. The van der Waals surface area contributed by atoms with Crippen molar-refractivity contribution in [2.75, 3.05) is 19.8 Å². The average molecular weight is 237 g/mol. The molecule has 2 unspecified atom stereocenters. The summed E-state index contributed by atoms with van der Waals surface area (Å²) in [6, 6.07) is 0.139. The highest BCUT2D eigenvalue weighted by Crippen LogP contribution is 2.24. The molecular weight excluding hydrogens is 218 g/mol. The number of aliphatic hydroxyl groups excluding tert-OH is 1. The predicted octanol–water partition coefficient (Wildman–Crippen LogP) is 0.727. The minimum atomic E-state index is 0.139. The van der Waals surface area contributed by atoms with Gasteiger partial charge in [0.1, 0.15) is 5.82 Å². The second kappa shape index (κ2) is 4.74. The Labute approximate surface area is 101 Å². The molecule has 2 atom stereocenters. The molecule has 5 heteroatoms. The van der Waals surface area contributed by atoms with E-state index < -0.39 is 0 Å². The lowest BCUT2D eigenvalue weighted by Gasteiger charge is -2.20. The van der Waals surface area contributed by atoms with E-state index in [4.69, 9.17) is 4.74 Å². The fourth-order valence-electron chi connectivity index (χ4n) is 2.74. The Balaban J connectivity index is 1.75. The molecule has 1 saturated heterocycles. The Kier molecular flexibility index (Phi) is 3.11. The maximum absolute atomic E-state index is 9.32. The highest BCUT2D eigenvalue weighted by molar-refractivity contribution is 4.99. The molecule has 2 aliphatic rings. The first-order valence-electron chi connectivity index (χ1n) is 6.49. The Bertz CT molecular complexity index is 385. The number of aryl methyl sites for hydroxylation is 1. The van der Waals surface area contributed by atoms with Gasteiger partial charge in [-0.15, -0.1) is 0 Å². The van der Waals surface area contributed by atoms with Crippen LogP contribution in [0.2, 0.25) is 0 Å². The zero-order chi connectivity index (χ0) is 11.7. The largest absolute Gasteiger partial charge is 0.394 e. The van der Waals surface area contributed by atoms with Gasteiger partial charge >= 0.3 is 0 Å². The first-order chi connectivity index (χ1) is 8.36. The van der Waals surface area contributed by atoms with E-state index in [9.17, 15) is 5.11 Å². The fourth-order valence-corrected chi connectivity index (χ4v) is 2.74. The van der Waals surface area contributed by atoms with E-state index in [0.717, 1.165) is 57.0 Å². The van der Waals surface area contributed by atoms with Crippen LogP contribution in [-0.2, 0) is 17.6 Å². The van der Waals surface area contributed by atoms with E-state index >= 15 is 0 Å². The maximum Gasteiger partial charge on any atom is 0.151 e. The lowest BCUT2D eigenvalue weighted by Crippen LogP contribution is -2.22. The number of hydrogen-bond acceptors (Lipinski definition) is 4. The van der Waals surface area contributed by atoms with Crippen molar-refractivity contribution in [1.29, 1.82) is 0 Å². The van der Waals surface area contributed by atoms with Crippen molar-refractivity contribution in [3.05, 3.63) is 11.6 Å². The highest BCUT2D eigenvalue weighted by atomic mass is 16.5. The Morgan fingerprint density at radius 2 is 2.35 bits per heavy atom. The van der Waals surface area contributed by atoms with Crippen LogP contribution in [0.25, 0.3) is 0 Å². The normalized spacial score (nSPS) is 28.3.